The van der Waals surface area contributed by atoms with Crippen molar-refractivity contribution in [3.63, 3.8) is 0 Å². The molecule has 24 heavy (non-hydrogen) atoms. The normalized spacial score (nSPS) is 13.6. The van der Waals surface area contributed by atoms with E-state index in [2.05, 4.69) is 9.97 Å². The highest BCUT2D eigenvalue weighted by Gasteiger charge is 2.26. The van der Waals surface area contributed by atoms with E-state index < -0.39 is 5.97 Å². The largest absolute Gasteiger partial charge is 0.477 e. The Kier molecular flexibility index (Phi) is 5.00. The van der Waals surface area contributed by atoms with Crippen LogP contribution in [0.3, 0.4) is 0 Å². The average molecular weight is 347 g/mol. The molecule has 1 fully saturated rings. The Morgan fingerprint density at radius 2 is 1.96 bits per heavy atom. The quantitative estimate of drug-likeness (QED) is 0.738. The predicted octanol–water partition coefficient (Wildman–Crippen LogP) is 4.07. The number of rotatable bonds is 6. The van der Waals surface area contributed by atoms with Gasteiger partial charge in [-0.3, -0.25) is 0 Å². The summed E-state index contributed by atoms with van der Waals surface area (Å²) in [5.41, 5.74) is 1.66. The first-order valence-electron chi connectivity index (χ1n) is 8.03. The number of benzene rings is 1. The third-order valence-electron chi connectivity index (χ3n) is 3.79. The third-order valence-corrected chi connectivity index (χ3v) is 4.04. The van der Waals surface area contributed by atoms with Gasteiger partial charge in [0.25, 0.3) is 0 Å². The van der Waals surface area contributed by atoms with Gasteiger partial charge >= 0.3 is 5.97 Å². The summed E-state index contributed by atoms with van der Waals surface area (Å²) in [6.07, 6.45) is 2.31. The third kappa shape index (κ3) is 3.85. The zero-order chi connectivity index (χ0) is 17.1. The summed E-state index contributed by atoms with van der Waals surface area (Å²) in [4.78, 5) is 21.1. The molecule has 0 saturated heterocycles. The highest BCUT2D eigenvalue weighted by atomic mass is 35.5. The number of carbonyl (C=O) groups excluding carboxylic acids is 1. The molecule has 1 aliphatic carbocycles. The number of hydrogen-bond acceptors (Lipinski definition) is 5. The van der Waals surface area contributed by atoms with Crippen molar-refractivity contribution < 1.29 is 14.3 Å². The lowest BCUT2D eigenvalue weighted by atomic mass is 10.2. The Balaban J connectivity index is 1.98. The van der Waals surface area contributed by atoms with E-state index in [0.717, 1.165) is 18.4 Å². The van der Waals surface area contributed by atoms with Gasteiger partial charge in [0.15, 0.2) is 5.82 Å². The van der Waals surface area contributed by atoms with Crippen molar-refractivity contribution >= 4 is 17.6 Å². The molecule has 126 valence electrons. The van der Waals surface area contributed by atoms with Crippen LogP contribution in [0, 0.1) is 12.8 Å². The summed E-state index contributed by atoms with van der Waals surface area (Å²) in [7, 11) is 0. The number of halogens is 1. The molecule has 1 aliphatic rings. The van der Waals surface area contributed by atoms with Crippen molar-refractivity contribution in [1.29, 1.82) is 0 Å². The highest BCUT2D eigenvalue weighted by Crippen LogP contribution is 2.31. The topological polar surface area (TPSA) is 61.3 Å². The molecule has 1 heterocycles. The number of aromatic nitrogens is 2. The Bertz CT molecular complexity index is 743. The molecule has 0 amide bonds. The fourth-order valence-corrected chi connectivity index (χ4v) is 2.42. The smallest absolute Gasteiger partial charge is 0.345 e. The molecule has 0 atom stereocenters. The van der Waals surface area contributed by atoms with Gasteiger partial charge < -0.3 is 9.47 Å². The van der Waals surface area contributed by atoms with Gasteiger partial charge in [-0.2, -0.15) is 4.98 Å². The van der Waals surface area contributed by atoms with E-state index in [9.17, 15) is 4.79 Å². The van der Waals surface area contributed by atoms with Crippen LogP contribution in [-0.2, 0) is 4.74 Å². The maximum absolute atomic E-state index is 12.2. The van der Waals surface area contributed by atoms with E-state index in [1.54, 1.807) is 26.0 Å². The van der Waals surface area contributed by atoms with Crippen molar-refractivity contribution in [2.75, 3.05) is 13.2 Å². The monoisotopic (exact) mass is 346 g/mol. The Morgan fingerprint density at radius 3 is 2.58 bits per heavy atom. The summed E-state index contributed by atoms with van der Waals surface area (Å²) in [6, 6.07) is 7.23. The van der Waals surface area contributed by atoms with Crippen molar-refractivity contribution in [3.8, 4) is 17.3 Å². The molecule has 0 N–H and O–H groups in total. The van der Waals surface area contributed by atoms with Gasteiger partial charge in [0, 0.05) is 10.6 Å². The molecule has 0 unspecified atom stereocenters. The first-order valence-corrected chi connectivity index (χ1v) is 8.40. The molecule has 0 spiro atoms. The second-order valence-electron chi connectivity index (χ2n) is 5.79. The van der Waals surface area contributed by atoms with Gasteiger partial charge in [-0.1, -0.05) is 11.6 Å². The minimum atomic E-state index is -0.455. The van der Waals surface area contributed by atoms with Crippen molar-refractivity contribution in [1.82, 2.24) is 9.97 Å². The van der Waals surface area contributed by atoms with Crippen LogP contribution in [-0.4, -0.2) is 29.2 Å². The molecule has 5 nitrogen and oxygen atoms in total. The van der Waals surface area contributed by atoms with Gasteiger partial charge in [-0.15, -0.1) is 0 Å². The van der Waals surface area contributed by atoms with E-state index in [4.69, 9.17) is 21.1 Å². The molecular weight excluding hydrogens is 328 g/mol. The summed E-state index contributed by atoms with van der Waals surface area (Å²) in [6.45, 7) is 4.38. The number of nitrogens with zero attached hydrogens (tertiary/aromatic N) is 2. The van der Waals surface area contributed by atoms with Crippen LogP contribution >= 0.6 is 11.6 Å². The van der Waals surface area contributed by atoms with Gasteiger partial charge in [0.1, 0.15) is 5.56 Å². The second kappa shape index (κ2) is 7.18. The molecule has 0 radical (unpaired) electrons. The Labute approximate surface area is 146 Å². The molecule has 1 saturated carbocycles. The van der Waals surface area contributed by atoms with Gasteiger partial charge in [0.05, 0.1) is 18.9 Å². The first kappa shape index (κ1) is 16.7. The highest BCUT2D eigenvalue weighted by molar-refractivity contribution is 6.30. The molecule has 2 aromatic rings. The zero-order valence-corrected chi connectivity index (χ0v) is 14.5. The van der Waals surface area contributed by atoms with E-state index in [-0.39, 0.29) is 5.88 Å². The minimum absolute atomic E-state index is 0.290. The standard InChI is InChI=1S/C18H19ClN2O3/c1-3-23-18(22)15-11(2)20-16(13-6-8-14(19)9-7-13)21-17(15)24-10-12-4-5-12/h6-9,12H,3-5,10H2,1-2H3. The lowest BCUT2D eigenvalue weighted by molar-refractivity contribution is 0.0518. The Morgan fingerprint density at radius 1 is 1.25 bits per heavy atom. The Hall–Kier alpha value is -2.14. The van der Waals surface area contributed by atoms with Crippen LogP contribution in [0.4, 0.5) is 0 Å². The van der Waals surface area contributed by atoms with Crippen LogP contribution < -0.4 is 4.74 Å². The van der Waals surface area contributed by atoms with Crippen LogP contribution in [0.25, 0.3) is 11.4 Å². The summed E-state index contributed by atoms with van der Waals surface area (Å²) in [5.74, 6) is 0.888. The van der Waals surface area contributed by atoms with E-state index in [1.165, 1.54) is 0 Å². The van der Waals surface area contributed by atoms with Gasteiger partial charge in [-0.05, 0) is 56.9 Å². The second-order valence-corrected chi connectivity index (χ2v) is 6.23. The van der Waals surface area contributed by atoms with Crippen LogP contribution in [0.15, 0.2) is 24.3 Å². The molecule has 0 bridgehead atoms. The van der Waals surface area contributed by atoms with Crippen LogP contribution in [0.5, 0.6) is 5.88 Å². The predicted molar refractivity (Wildman–Crippen MR) is 91.4 cm³/mol. The fourth-order valence-electron chi connectivity index (χ4n) is 2.30. The summed E-state index contributed by atoms with van der Waals surface area (Å²) < 4.78 is 10.9. The van der Waals surface area contributed by atoms with Crippen molar-refractivity contribution in [3.05, 3.63) is 40.5 Å². The molecule has 1 aromatic carbocycles. The van der Waals surface area contributed by atoms with Gasteiger partial charge in [0.2, 0.25) is 5.88 Å². The van der Waals surface area contributed by atoms with Crippen molar-refractivity contribution in [2.45, 2.75) is 26.7 Å². The fraction of sp³-hybridized carbons (Fsp3) is 0.389. The van der Waals surface area contributed by atoms with E-state index in [0.29, 0.717) is 41.2 Å². The maximum atomic E-state index is 12.2. The number of carbonyl (C=O) groups is 1. The molecule has 0 aliphatic heterocycles. The van der Waals surface area contributed by atoms with Crippen LogP contribution in [0.2, 0.25) is 5.02 Å². The average Bonchev–Trinajstić information content (AvgIpc) is 3.37. The number of aryl methyl sites for hydroxylation is 1. The number of hydrogen-bond donors (Lipinski definition) is 0. The van der Waals surface area contributed by atoms with Crippen LogP contribution in [0.1, 0.15) is 35.8 Å². The molecular formula is C18H19ClN2O3. The lowest BCUT2D eigenvalue weighted by Crippen LogP contribution is -2.14. The maximum Gasteiger partial charge on any atom is 0.345 e. The lowest BCUT2D eigenvalue weighted by Gasteiger charge is -2.13. The molecule has 6 heteroatoms. The van der Waals surface area contributed by atoms with E-state index in [1.807, 2.05) is 12.1 Å². The first-order chi connectivity index (χ1) is 11.6. The van der Waals surface area contributed by atoms with Crippen molar-refractivity contribution in [2.24, 2.45) is 5.92 Å². The number of esters is 1. The summed E-state index contributed by atoms with van der Waals surface area (Å²) in [5, 5.41) is 0.642. The molecule has 3 rings (SSSR count). The van der Waals surface area contributed by atoms with E-state index >= 15 is 0 Å². The minimum Gasteiger partial charge on any atom is -0.477 e. The SMILES string of the molecule is CCOC(=O)c1c(C)nc(-c2ccc(Cl)cc2)nc1OCC1CC1. The molecule has 1 aromatic heterocycles. The zero-order valence-electron chi connectivity index (χ0n) is 13.7. The number of ether oxygens (including phenoxy) is 2. The summed E-state index contributed by atoms with van der Waals surface area (Å²) >= 11 is 5.93. The van der Waals surface area contributed by atoms with Gasteiger partial charge in [-0.25, -0.2) is 9.78 Å².